The van der Waals surface area contributed by atoms with Gasteiger partial charge in [-0.3, -0.25) is 5.43 Å². The summed E-state index contributed by atoms with van der Waals surface area (Å²) in [5.41, 5.74) is 4.32. The van der Waals surface area contributed by atoms with Crippen molar-refractivity contribution in [3.05, 3.63) is 54.1 Å². The number of aliphatic carboxylic acids is 1. The Morgan fingerprint density at radius 3 is 2.35 bits per heavy atom. The highest BCUT2D eigenvalue weighted by molar-refractivity contribution is 7.80. The van der Waals surface area contributed by atoms with Crippen LogP contribution >= 0.6 is 12.2 Å². The molecule has 7 nitrogen and oxygen atoms in total. The smallest absolute Gasteiger partial charge is 0.191 e. The maximum absolute atomic E-state index is 10.3. The normalized spacial score (nSPS) is 10.3. The number of carboxylic acids is 1. The van der Waals surface area contributed by atoms with Gasteiger partial charge in [-0.25, -0.2) is 0 Å². The summed E-state index contributed by atoms with van der Waals surface area (Å²) in [5, 5.41) is 17.7. The number of carbonyl (C=O) groups excluding carboxylic acids is 1. The number of hydrazone groups is 1. The van der Waals surface area contributed by atoms with Gasteiger partial charge in [0.1, 0.15) is 18.1 Å². The predicted molar refractivity (Wildman–Crippen MR) is 102 cm³/mol. The molecule has 0 bridgehead atoms. The van der Waals surface area contributed by atoms with E-state index in [1.165, 1.54) is 0 Å². The second-order valence-corrected chi connectivity index (χ2v) is 5.42. The average molecular weight is 372 g/mol. The molecule has 0 saturated heterocycles. The SMILES string of the molecule is CCOc1ccc(NC(=S)N/N=C\c2ccc(OCC(=O)[O-])cc2)cc1. The third-order valence-electron chi connectivity index (χ3n) is 3.04. The number of carbonyl (C=O) groups is 1. The Bertz CT molecular complexity index is 761. The van der Waals surface area contributed by atoms with Gasteiger partial charge in [0.2, 0.25) is 0 Å². The fraction of sp³-hybridized carbons (Fsp3) is 0.167. The van der Waals surface area contributed by atoms with Gasteiger partial charge in [-0.05, 0) is 73.2 Å². The van der Waals surface area contributed by atoms with Crippen LogP contribution in [-0.4, -0.2) is 30.5 Å². The van der Waals surface area contributed by atoms with Crippen molar-refractivity contribution in [2.75, 3.05) is 18.5 Å². The van der Waals surface area contributed by atoms with Crippen LogP contribution < -0.4 is 25.3 Å². The van der Waals surface area contributed by atoms with Crippen LogP contribution in [0.2, 0.25) is 0 Å². The Kier molecular flexibility index (Phi) is 7.38. The first-order chi connectivity index (χ1) is 12.6. The molecule has 2 aromatic carbocycles. The van der Waals surface area contributed by atoms with E-state index in [0.29, 0.717) is 17.5 Å². The van der Waals surface area contributed by atoms with E-state index in [1.54, 1.807) is 30.5 Å². The molecule has 0 spiro atoms. The lowest BCUT2D eigenvalue weighted by atomic mass is 10.2. The molecule has 2 N–H and O–H groups in total. The van der Waals surface area contributed by atoms with E-state index in [2.05, 4.69) is 15.8 Å². The van der Waals surface area contributed by atoms with Crippen LogP contribution in [0.25, 0.3) is 0 Å². The molecule has 8 heteroatoms. The summed E-state index contributed by atoms with van der Waals surface area (Å²) < 4.78 is 10.4. The first kappa shape index (κ1) is 19.2. The summed E-state index contributed by atoms with van der Waals surface area (Å²) in [6, 6.07) is 14.2. The number of rotatable bonds is 8. The number of carboxylic acid groups (broad SMARTS) is 1. The van der Waals surface area contributed by atoms with Crippen LogP contribution in [0.4, 0.5) is 5.69 Å². The predicted octanol–water partition coefficient (Wildman–Crippen LogP) is 1.53. The van der Waals surface area contributed by atoms with E-state index >= 15 is 0 Å². The third-order valence-corrected chi connectivity index (χ3v) is 3.23. The fourth-order valence-electron chi connectivity index (χ4n) is 1.92. The highest BCUT2D eigenvalue weighted by Gasteiger charge is 1.98. The van der Waals surface area contributed by atoms with Crippen LogP contribution in [0, 0.1) is 0 Å². The van der Waals surface area contributed by atoms with Crippen LogP contribution in [0.3, 0.4) is 0 Å². The van der Waals surface area contributed by atoms with Crippen LogP contribution in [0.1, 0.15) is 12.5 Å². The number of nitrogens with zero attached hydrogens (tertiary/aromatic N) is 1. The minimum Gasteiger partial charge on any atom is -0.546 e. The molecular weight excluding hydrogens is 354 g/mol. The standard InChI is InChI=1S/C18H19N3O4S/c1-2-24-15-9-5-14(6-10-15)20-18(26)21-19-11-13-3-7-16(8-4-13)25-12-17(22)23/h3-11H,2,12H2,1H3,(H,22,23)(H2,20,21,26)/p-1/b19-11-. The fourth-order valence-corrected chi connectivity index (χ4v) is 2.09. The lowest BCUT2D eigenvalue weighted by molar-refractivity contribution is -0.307. The van der Waals surface area contributed by atoms with E-state index in [1.807, 2.05) is 31.2 Å². The van der Waals surface area contributed by atoms with Crippen molar-refractivity contribution >= 4 is 35.2 Å². The van der Waals surface area contributed by atoms with Crippen molar-refractivity contribution in [2.45, 2.75) is 6.92 Å². The van der Waals surface area contributed by atoms with Gasteiger partial charge in [-0.1, -0.05) is 0 Å². The van der Waals surface area contributed by atoms with Crippen LogP contribution in [-0.2, 0) is 4.79 Å². The zero-order valence-corrected chi connectivity index (χ0v) is 14.9. The topological polar surface area (TPSA) is 95.0 Å². The molecule has 136 valence electrons. The number of hydrogen-bond donors (Lipinski definition) is 2. The summed E-state index contributed by atoms with van der Waals surface area (Å²) in [6.45, 7) is 2.06. The molecular formula is C18H18N3O4S-. The summed E-state index contributed by atoms with van der Waals surface area (Å²) in [4.78, 5) is 10.3. The molecule has 0 heterocycles. The van der Waals surface area contributed by atoms with E-state index in [9.17, 15) is 9.90 Å². The quantitative estimate of drug-likeness (QED) is 0.412. The molecule has 0 aromatic heterocycles. The van der Waals surface area contributed by atoms with Gasteiger partial charge in [0.15, 0.2) is 5.11 Å². The highest BCUT2D eigenvalue weighted by Crippen LogP contribution is 2.15. The van der Waals surface area contributed by atoms with E-state index < -0.39 is 12.6 Å². The van der Waals surface area contributed by atoms with E-state index in [-0.39, 0.29) is 0 Å². The molecule has 0 saturated carbocycles. The first-order valence-electron chi connectivity index (χ1n) is 7.82. The maximum atomic E-state index is 10.3. The highest BCUT2D eigenvalue weighted by atomic mass is 32.1. The summed E-state index contributed by atoms with van der Waals surface area (Å²) >= 11 is 5.17. The molecule has 0 aliphatic rings. The van der Waals surface area contributed by atoms with Crippen LogP contribution in [0.5, 0.6) is 11.5 Å². The van der Waals surface area contributed by atoms with Crippen molar-refractivity contribution < 1.29 is 19.4 Å². The Morgan fingerprint density at radius 1 is 1.12 bits per heavy atom. The molecule has 0 atom stereocenters. The maximum Gasteiger partial charge on any atom is 0.191 e. The van der Waals surface area contributed by atoms with Crippen LogP contribution in [0.15, 0.2) is 53.6 Å². The molecule has 0 aliphatic heterocycles. The number of ether oxygens (including phenoxy) is 2. The second-order valence-electron chi connectivity index (χ2n) is 5.01. The average Bonchev–Trinajstić information content (AvgIpc) is 2.63. The Hall–Kier alpha value is -3.13. The molecule has 2 aromatic rings. The van der Waals surface area contributed by atoms with Crippen molar-refractivity contribution in [1.82, 2.24) is 5.43 Å². The molecule has 0 unspecified atom stereocenters. The largest absolute Gasteiger partial charge is 0.546 e. The van der Waals surface area contributed by atoms with Gasteiger partial charge < -0.3 is 24.7 Å². The summed E-state index contributed by atoms with van der Waals surface area (Å²) in [5.74, 6) is -0.0395. The molecule has 2 rings (SSSR count). The van der Waals surface area contributed by atoms with E-state index in [4.69, 9.17) is 21.7 Å². The third kappa shape index (κ3) is 6.78. The minimum absolute atomic E-state index is 0.347. The van der Waals surface area contributed by atoms with Crippen molar-refractivity contribution in [2.24, 2.45) is 5.10 Å². The van der Waals surface area contributed by atoms with Gasteiger partial charge in [0.25, 0.3) is 0 Å². The second kappa shape index (κ2) is 10.00. The Balaban J connectivity index is 1.79. The number of hydrogen-bond acceptors (Lipinski definition) is 6. The Labute approximate surface area is 156 Å². The monoisotopic (exact) mass is 372 g/mol. The molecule has 0 fully saturated rings. The number of anilines is 1. The lowest BCUT2D eigenvalue weighted by Crippen LogP contribution is -2.28. The summed E-state index contributed by atoms with van der Waals surface area (Å²) in [7, 11) is 0. The van der Waals surface area contributed by atoms with Crippen molar-refractivity contribution in [3.63, 3.8) is 0 Å². The molecule has 0 radical (unpaired) electrons. The summed E-state index contributed by atoms with van der Waals surface area (Å²) in [6.07, 6.45) is 1.58. The first-order valence-corrected chi connectivity index (χ1v) is 8.23. The molecule has 26 heavy (non-hydrogen) atoms. The van der Waals surface area contributed by atoms with Gasteiger partial charge >= 0.3 is 0 Å². The Morgan fingerprint density at radius 2 is 1.73 bits per heavy atom. The zero-order chi connectivity index (χ0) is 18.8. The van der Waals surface area contributed by atoms with E-state index in [0.717, 1.165) is 17.0 Å². The zero-order valence-electron chi connectivity index (χ0n) is 14.1. The van der Waals surface area contributed by atoms with Crippen molar-refractivity contribution in [1.29, 1.82) is 0 Å². The van der Waals surface area contributed by atoms with Gasteiger partial charge in [-0.15, -0.1) is 0 Å². The minimum atomic E-state index is -1.27. The molecule has 0 aliphatic carbocycles. The number of thiocarbonyl (C=S) groups is 1. The van der Waals surface area contributed by atoms with Crippen molar-refractivity contribution in [3.8, 4) is 11.5 Å². The molecule has 0 amide bonds. The number of benzene rings is 2. The van der Waals surface area contributed by atoms with Gasteiger partial charge in [0.05, 0.1) is 18.8 Å². The van der Waals surface area contributed by atoms with Gasteiger partial charge in [-0.2, -0.15) is 5.10 Å². The van der Waals surface area contributed by atoms with Gasteiger partial charge in [0, 0.05) is 5.69 Å². The lowest BCUT2D eigenvalue weighted by Gasteiger charge is -2.08. The number of nitrogens with one attached hydrogen (secondary N) is 2.